The van der Waals surface area contributed by atoms with E-state index in [-0.39, 0.29) is 6.17 Å². The van der Waals surface area contributed by atoms with E-state index in [1.807, 2.05) is 24.4 Å². The maximum Gasteiger partial charge on any atom is 0.203 e. The van der Waals surface area contributed by atoms with Gasteiger partial charge < -0.3 is 29.8 Å². The summed E-state index contributed by atoms with van der Waals surface area (Å²) in [5.41, 5.74) is 5.85. The van der Waals surface area contributed by atoms with E-state index >= 15 is 0 Å². The van der Waals surface area contributed by atoms with E-state index in [1.165, 1.54) is 5.39 Å². The number of aromatic nitrogens is 2. The number of hydrogen-bond acceptors (Lipinski definition) is 6. The summed E-state index contributed by atoms with van der Waals surface area (Å²) in [4.78, 5) is 7.98. The second-order valence-electron chi connectivity index (χ2n) is 7.01. The van der Waals surface area contributed by atoms with Crippen molar-refractivity contribution in [3.05, 3.63) is 60.4 Å². The number of H-pyrrole nitrogens is 1. The fourth-order valence-corrected chi connectivity index (χ4v) is 4.01. The number of aromatic amines is 1. The van der Waals surface area contributed by atoms with E-state index < -0.39 is 0 Å². The van der Waals surface area contributed by atoms with Gasteiger partial charge in [-0.15, -0.1) is 0 Å². The van der Waals surface area contributed by atoms with Crippen LogP contribution in [0.5, 0.6) is 17.2 Å². The first-order valence-electron chi connectivity index (χ1n) is 9.62. The molecule has 0 saturated heterocycles. The molecule has 2 aromatic heterocycles. The van der Waals surface area contributed by atoms with Crippen molar-refractivity contribution in [2.75, 3.05) is 32.0 Å². The molecule has 7 heteroatoms. The quantitative estimate of drug-likeness (QED) is 0.445. The van der Waals surface area contributed by atoms with Crippen molar-refractivity contribution < 1.29 is 14.2 Å². The van der Waals surface area contributed by atoms with Crippen LogP contribution in [0.3, 0.4) is 0 Å². The third kappa shape index (κ3) is 2.78. The van der Waals surface area contributed by atoms with E-state index in [2.05, 4.69) is 44.9 Å². The van der Waals surface area contributed by atoms with Crippen LogP contribution >= 0.6 is 0 Å². The molecule has 0 saturated carbocycles. The first kappa shape index (κ1) is 18.2. The molecule has 0 amide bonds. The number of fused-ring (bicyclic) bond motifs is 2. The molecule has 30 heavy (non-hydrogen) atoms. The number of methoxy groups -OCH3 is 3. The van der Waals surface area contributed by atoms with Crippen LogP contribution in [0.2, 0.25) is 0 Å². The molecular weight excluding hydrogens is 380 g/mol. The normalized spacial score (nSPS) is 14.7. The molecular formula is C23H22N4O3. The highest BCUT2D eigenvalue weighted by molar-refractivity contribution is 5.91. The lowest BCUT2D eigenvalue weighted by molar-refractivity contribution is 0.324. The predicted molar refractivity (Wildman–Crippen MR) is 118 cm³/mol. The minimum atomic E-state index is -0.0765. The molecule has 0 spiro atoms. The first-order valence-corrected chi connectivity index (χ1v) is 9.62. The fraction of sp³-hybridized carbons (Fsp3) is 0.174. The molecule has 1 aliphatic rings. The van der Waals surface area contributed by atoms with E-state index in [9.17, 15) is 0 Å². The summed E-state index contributed by atoms with van der Waals surface area (Å²) in [5.74, 6) is 1.73. The van der Waals surface area contributed by atoms with Gasteiger partial charge in [0.2, 0.25) is 5.75 Å². The zero-order valence-corrected chi connectivity index (χ0v) is 16.9. The van der Waals surface area contributed by atoms with E-state index in [0.29, 0.717) is 17.2 Å². The van der Waals surface area contributed by atoms with Crippen molar-refractivity contribution in [1.29, 1.82) is 0 Å². The summed E-state index contributed by atoms with van der Waals surface area (Å²) in [6, 6.07) is 14.1. The lowest BCUT2D eigenvalue weighted by Crippen LogP contribution is -2.12. The van der Waals surface area contributed by atoms with Crippen LogP contribution in [-0.4, -0.2) is 31.3 Å². The summed E-state index contributed by atoms with van der Waals surface area (Å²) in [6.45, 7) is 0. The Morgan fingerprint density at radius 1 is 0.900 bits per heavy atom. The minimum Gasteiger partial charge on any atom is -0.493 e. The van der Waals surface area contributed by atoms with Crippen LogP contribution in [0.15, 0.2) is 54.9 Å². The Morgan fingerprint density at radius 2 is 1.70 bits per heavy atom. The van der Waals surface area contributed by atoms with Gasteiger partial charge in [0.25, 0.3) is 0 Å². The highest BCUT2D eigenvalue weighted by atomic mass is 16.5. The molecule has 7 nitrogen and oxygen atoms in total. The molecule has 4 aromatic rings. The second-order valence-corrected chi connectivity index (χ2v) is 7.01. The van der Waals surface area contributed by atoms with Gasteiger partial charge in [0.1, 0.15) is 6.17 Å². The van der Waals surface area contributed by atoms with Gasteiger partial charge in [-0.3, -0.25) is 4.98 Å². The molecule has 3 N–H and O–H groups in total. The lowest BCUT2D eigenvalue weighted by atomic mass is 10.1. The van der Waals surface area contributed by atoms with Crippen LogP contribution in [0.1, 0.15) is 11.7 Å². The Hall–Kier alpha value is -3.87. The average Bonchev–Trinajstić information content (AvgIpc) is 3.44. The molecule has 0 bridgehead atoms. The van der Waals surface area contributed by atoms with Gasteiger partial charge >= 0.3 is 0 Å². The topological polar surface area (TPSA) is 80.4 Å². The number of pyridine rings is 1. The number of anilines is 2. The van der Waals surface area contributed by atoms with Crippen molar-refractivity contribution >= 4 is 22.3 Å². The second kappa shape index (κ2) is 7.18. The van der Waals surface area contributed by atoms with Crippen LogP contribution in [-0.2, 0) is 0 Å². The maximum atomic E-state index is 5.52. The highest BCUT2D eigenvalue weighted by Crippen LogP contribution is 2.46. The summed E-state index contributed by atoms with van der Waals surface area (Å²) in [6.07, 6.45) is 3.68. The molecule has 2 aromatic carbocycles. The fourth-order valence-electron chi connectivity index (χ4n) is 4.01. The molecule has 1 aliphatic heterocycles. The zero-order chi connectivity index (χ0) is 20.7. The van der Waals surface area contributed by atoms with Gasteiger partial charge in [-0.1, -0.05) is 18.2 Å². The van der Waals surface area contributed by atoms with E-state index in [4.69, 9.17) is 14.2 Å². The maximum absolute atomic E-state index is 5.52. The Morgan fingerprint density at radius 3 is 2.43 bits per heavy atom. The summed E-state index contributed by atoms with van der Waals surface area (Å²) >= 11 is 0. The van der Waals surface area contributed by atoms with Crippen molar-refractivity contribution in [3.63, 3.8) is 0 Å². The standard InChI is InChI=1S/C23H22N4O3/c1-28-17-11-14(12-18(29-2)22(17)30-3)20-21-16(8-10-25-20)26-23(27-21)15-6-4-5-13-7-9-24-19(13)15/h4-12,23-24,26-27H,1-3H3. The number of benzene rings is 2. The van der Waals surface area contributed by atoms with Crippen LogP contribution in [0.25, 0.3) is 22.2 Å². The van der Waals surface area contributed by atoms with Crippen molar-refractivity contribution in [2.45, 2.75) is 6.17 Å². The summed E-state index contributed by atoms with van der Waals surface area (Å²) in [5, 5.41) is 8.34. The van der Waals surface area contributed by atoms with Crippen LogP contribution < -0.4 is 24.8 Å². The van der Waals surface area contributed by atoms with Gasteiger partial charge in [-0.05, 0) is 29.7 Å². The van der Waals surface area contributed by atoms with Gasteiger partial charge in [0, 0.05) is 23.5 Å². The molecule has 152 valence electrons. The SMILES string of the molecule is COc1cc(-c2nccc3c2NC(c2cccc4cc[nH]c24)N3)cc(OC)c1OC. The minimum absolute atomic E-state index is 0.0765. The lowest BCUT2D eigenvalue weighted by Gasteiger charge is -2.16. The number of nitrogens with one attached hydrogen (secondary N) is 3. The number of nitrogens with zero attached hydrogens (tertiary/aromatic N) is 1. The van der Waals surface area contributed by atoms with Gasteiger partial charge in [-0.2, -0.15) is 0 Å². The van der Waals surface area contributed by atoms with Crippen molar-refractivity contribution in [2.24, 2.45) is 0 Å². The largest absolute Gasteiger partial charge is 0.493 e. The highest BCUT2D eigenvalue weighted by Gasteiger charge is 2.27. The molecule has 3 heterocycles. The van der Waals surface area contributed by atoms with Crippen molar-refractivity contribution in [1.82, 2.24) is 9.97 Å². The Kier molecular flexibility index (Phi) is 4.35. The van der Waals surface area contributed by atoms with E-state index in [0.717, 1.165) is 33.7 Å². The third-order valence-electron chi connectivity index (χ3n) is 5.41. The summed E-state index contributed by atoms with van der Waals surface area (Å²) < 4.78 is 16.5. The number of hydrogen-bond donors (Lipinski definition) is 3. The Bertz CT molecular complexity index is 1210. The van der Waals surface area contributed by atoms with Crippen molar-refractivity contribution in [3.8, 4) is 28.5 Å². The average molecular weight is 402 g/mol. The molecule has 0 fully saturated rings. The summed E-state index contributed by atoms with van der Waals surface area (Å²) in [7, 11) is 4.81. The van der Waals surface area contributed by atoms with Crippen LogP contribution in [0, 0.1) is 0 Å². The van der Waals surface area contributed by atoms with E-state index in [1.54, 1.807) is 27.5 Å². The van der Waals surface area contributed by atoms with Crippen LogP contribution in [0.4, 0.5) is 11.4 Å². The number of para-hydroxylation sites is 1. The smallest absolute Gasteiger partial charge is 0.203 e. The zero-order valence-electron chi connectivity index (χ0n) is 16.9. The Balaban J connectivity index is 1.58. The van der Waals surface area contributed by atoms with Gasteiger partial charge in [0.15, 0.2) is 11.5 Å². The predicted octanol–water partition coefficient (Wildman–Crippen LogP) is 4.79. The van der Waals surface area contributed by atoms with Gasteiger partial charge in [-0.25, -0.2) is 0 Å². The molecule has 1 atom stereocenters. The molecule has 0 aliphatic carbocycles. The molecule has 1 unspecified atom stereocenters. The molecule has 5 rings (SSSR count). The Labute approximate surface area is 174 Å². The first-order chi connectivity index (χ1) is 14.7. The number of rotatable bonds is 5. The molecule has 0 radical (unpaired) electrons. The number of ether oxygens (including phenoxy) is 3. The third-order valence-corrected chi connectivity index (χ3v) is 5.41. The van der Waals surface area contributed by atoms with Gasteiger partial charge in [0.05, 0.1) is 43.9 Å². The monoisotopic (exact) mass is 402 g/mol.